The van der Waals surface area contributed by atoms with Crippen molar-refractivity contribution in [3.8, 4) is 5.75 Å². The van der Waals surface area contributed by atoms with E-state index in [1.54, 1.807) is 24.3 Å². The Morgan fingerprint density at radius 1 is 0.967 bits per heavy atom. The molecule has 0 saturated heterocycles. The van der Waals surface area contributed by atoms with E-state index in [1.807, 2.05) is 19.1 Å². The summed E-state index contributed by atoms with van der Waals surface area (Å²) in [5, 5.41) is 0.792. The van der Waals surface area contributed by atoms with Gasteiger partial charge in [0.25, 0.3) is 0 Å². The normalized spacial score (nSPS) is 13.0. The second kappa shape index (κ2) is 8.53. The molecule has 0 bridgehead atoms. The van der Waals surface area contributed by atoms with Crippen molar-refractivity contribution in [2.24, 2.45) is 0 Å². The lowest BCUT2D eigenvalue weighted by Gasteiger charge is -2.16. The van der Waals surface area contributed by atoms with Crippen LogP contribution in [-0.4, -0.2) is 25.0 Å². The minimum absolute atomic E-state index is 0.236. The highest BCUT2D eigenvalue weighted by atomic mass is 16.6. The first-order valence-electron chi connectivity index (χ1n) is 9.97. The van der Waals surface area contributed by atoms with E-state index < -0.39 is 11.6 Å². The molecule has 6 heteroatoms. The number of hydrogen-bond acceptors (Lipinski definition) is 6. The molecule has 0 unspecified atom stereocenters. The molecule has 1 aliphatic carbocycles. The maximum Gasteiger partial charge on any atom is 0.344 e. The standard InChI is InChI=1S/C24H22O6/c1-15-10-23(26)30-22-12-19(8-9-20(15)22)28-14-24(27)29-13-21(25)18-7-6-16-4-2-3-5-17(16)11-18/h6-12H,2-5,13-14H2,1H3. The minimum atomic E-state index is -0.646. The quantitative estimate of drug-likeness (QED) is 0.352. The number of benzene rings is 2. The molecular formula is C24H22O6. The first kappa shape index (κ1) is 19.9. The Morgan fingerprint density at radius 2 is 1.77 bits per heavy atom. The van der Waals surface area contributed by atoms with Gasteiger partial charge in [-0.15, -0.1) is 0 Å². The number of ether oxygens (including phenoxy) is 2. The smallest absolute Gasteiger partial charge is 0.344 e. The van der Waals surface area contributed by atoms with Gasteiger partial charge < -0.3 is 13.9 Å². The second-order valence-electron chi connectivity index (χ2n) is 7.47. The predicted molar refractivity (Wildman–Crippen MR) is 111 cm³/mol. The molecule has 0 N–H and O–H groups in total. The van der Waals surface area contributed by atoms with Gasteiger partial charge in [-0.25, -0.2) is 9.59 Å². The van der Waals surface area contributed by atoms with Crippen LogP contribution in [0.2, 0.25) is 0 Å². The molecule has 154 valence electrons. The van der Waals surface area contributed by atoms with Gasteiger partial charge in [0.05, 0.1) is 0 Å². The van der Waals surface area contributed by atoms with Crippen LogP contribution in [0.4, 0.5) is 0 Å². The van der Waals surface area contributed by atoms with Crippen LogP contribution in [0.1, 0.15) is 39.9 Å². The van der Waals surface area contributed by atoms with Gasteiger partial charge in [0.15, 0.2) is 19.0 Å². The van der Waals surface area contributed by atoms with Crippen LogP contribution >= 0.6 is 0 Å². The Balaban J connectivity index is 1.32. The van der Waals surface area contributed by atoms with Gasteiger partial charge >= 0.3 is 11.6 Å². The van der Waals surface area contributed by atoms with Crippen LogP contribution in [0.15, 0.2) is 51.7 Å². The molecule has 2 aromatic carbocycles. The molecule has 1 aliphatic rings. The SMILES string of the molecule is Cc1cc(=O)oc2cc(OCC(=O)OCC(=O)c3ccc4c(c3)CCCC4)ccc12. The fourth-order valence-corrected chi connectivity index (χ4v) is 3.72. The van der Waals surface area contributed by atoms with Crippen molar-refractivity contribution in [3.63, 3.8) is 0 Å². The Hall–Kier alpha value is -3.41. The molecule has 30 heavy (non-hydrogen) atoms. The molecule has 0 amide bonds. The summed E-state index contributed by atoms with van der Waals surface area (Å²) in [5.74, 6) is -0.513. The van der Waals surface area contributed by atoms with Crippen molar-refractivity contribution in [3.05, 3.63) is 75.1 Å². The molecule has 0 aliphatic heterocycles. The van der Waals surface area contributed by atoms with Crippen LogP contribution in [0.5, 0.6) is 5.75 Å². The number of ketones is 1. The molecule has 0 radical (unpaired) electrons. The van der Waals surface area contributed by atoms with Crippen LogP contribution in [0.25, 0.3) is 11.0 Å². The summed E-state index contributed by atoms with van der Waals surface area (Å²) in [7, 11) is 0. The molecule has 1 aromatic heterocycles. The van der Waals surface area contributed by atoms with Crippen molar-refractivity contribution in [2.45, 2.75) is 32.6 Å². The first-order chi connectivity index (χ1) is 14.5. The highest BCUT2D eigenvalue weighted by molar-refractivity contribution is 5.98. The summed E-state index contributed by atoms with van der Waals surface area (Å²) in [6, 6.07) is 12.1. The number of carbonyl (C=O) groups is 2. The van der Waals surface area contributed by atoms with Crippen molar-refractivity contribution >= 4 is 22.7 Å². The number of carbonyl (C=O) groups excluding carboxylic acids is 2. The molecule has 4 rings (SSSR count). The minimum Gasteiger partial charge on any atom is -0.482 e. The van der Waals surface area contributed by atoms with E-state index in [9.17, 15) is 14.4 Å². The Labute approximate surface area is 173 Å². The van der Waals surface area contributed by atoms with E-state index in [-0.39, 0.29) is 19.0 Å². The van der Waals surface area contributed by atoms with Crippen molar-refractivity contribution in [1.29, 1.82) is 0 Å². The highest BCUT2D eigenvalue weighted by Gasteiger charge is 2.15. The van der Waals surface area contributed by atoms with E-state index in [0.717, 1.165) is 30.2 Å². The lowest BCUT2D eigenvalue weighted by Crippen LogP contribution is -2.19. The van der Waals surface area contributed by atoms with Crippen LogP contribution in [0, 0.1) is 6.92 Å². The van der Waals surface area contributed by atoms with Gasteiger partial charge in [-0.1, -0.05) is 12.1 Å². The number of hydrogen-bond donors (Lipinski definition) is 0. The Bertz CT molecular complexity index is 1170. The summed E-state index contributed by atoms with van der Waals surface area (Å²) in [5.41, 5.74) is 3.80. The van der Waals surface area contributed by atoms with E-state index in [1.165, 1.54) is 23.6 Å². The zero-order valence-corrected chi connectivity index (χ0v) is 16.7. The third-order valence-corrected chi connectivity index (χ3v) is 5.31. The molecule has 3 aromatic rings. The zero-order chi connectivity index (χ0) is 21.1. The van der Waals surface area contributed by atoms with Gasteiger partial charge in [0.1, 0.15) is 11.3 Å². The maximum absolute atomic E-state index is 12.4. The fourth-order valence-electron chi connectivity index (χ4n) is 3.72. The van der Waals surface area contributed by atoms with Gasteiger partial charge in [-0.2, -0.15) is 0 Å². The van der Waals surface area contributed by atoms with Gasteiger partial charge in [0.2, 0.25) is 0 Å². The predicted octanol–water partition coefficient (Wildman–Crippen LogP) is 3.79. The van der Waals surface area contributed by atoms with Gasteiger partial charge in [0, 0.05) is 23.1 Å². The zero-order valence-electron chi connectivity index (χ0n) is 16.7. The van der Waals surface area contributed by atoms with Crippen molar-refractivity contribution in [2.75, 3.05) is 13.2 Å². The number of aryl methyl sites for hydroxylation is 3. The summed E-state index contributed by atoms with van der Waals surface area (Å²) in [4.78, 5) is 35.9. The number of fused-ring (bicyclic) bond motifs is 2. The molecule has 0 saturated carbocycles. The largest absolute Gasteiger partial charge is 0.482 e. The van der Waals surface area contributed by atoms with Crippen LogP contribution < -0.4 is 10.4 Å². The lowest BCUT2D eigenvalue weighted by atomic mass is 9.90. The summed E-state index contributed by atoms with van der Waals surface area (Å²) in [6.45, 7) is 1.14. The number of rotatable bonds is 6. The highest BCUT2D eigenvalue weighted by Crippen LogP contribution is 2.23. The summed E-state index contributed by atoms with van der Waals surface area (Å²) < 4.78 is 15.6. The molecule has 0 atom stereocenters. The lowest BCUT2D eigenvalue weighted by molar-refractivity contribution is -0.144. The van der Waals surface area contributed by atoms with Crippen LogP contribution in [0.3, 0.4) is 0 Å². The maximum atomic E-state index is 12.4. The Kier molecular flexibility index (Phi) is 5.65. The average Bonchev–Trinajstić information content (AvgIpc) is 2.75. The van der Waals surface area contributed by atoms with Crippen LogP contribution in [-0.2, 0) is 22.4 Å². The third-order valence-electron chi connectivity index (χ3n) is 5.31. The summed E-state index contributed by atoms with van der Waals surface area (Å²) in [6.07, 6.45) is 4.35. The van der Waals surface area contributed by atoms with Crippen molar-refractivity contribution in [1.82, 2.24) is 0 Å². The van der Waals surface area contributed by atoms with E-state index >= 15 is 0 Å². The monoisotopic (exact) mass is 406 g/mol. The molecule has 0 spiro atoms. The number of Topliss-reactive ketones (excluding diaryl/α,β-unsaturated/α-hetero) is 1. The molecular weight excluding hydrogens is 384 g/mol. The van der Waals surface area contributed by atoms with E-state index in [2.05, 4.69) is 0 Å². The van der Waals surface area contributed by atoms with Gasteiger partial charge in [-0.3, -0.25) is 4.79 Å². The molecule has 6 nitrogen and oxygen atoms in total. The summed E-state index contributed by atoms with van der Waals surface area (Å²) >= 11 is 0. The average molecular weight is 406 g/mol. The third kappa shape index (κ3) is 4.43. The van der Waals surface area contributed by atoms with E-state index in [4.69, 9.17) is 13.9 Å². The molecule has 1 heterocycles. The molecule has 0 fully saturated rings. The van der Waals surface area contributed by atoms with Gasteiger partial charge in [-0.05, 0) is 67.5 Å². The van der Waals surface area contributed by atoms with E-state index in [0.29, 0.717) is 16.9 Å². The number of esters is 1. The van der Waals surface area contributed by atoms with Crippen molar-refractivity contribution < 1.29 is 23.5 Å². The topological polar surface area (TPSA) is 82.8 Å². The Morgan fingerprint density at radius 3 is 2.60 bits per heavy atom. The first-order valence-corrected chi connectivity index (χ1v) is 9.97. The second-order valence-corrected chi connectivity index (χ2v) is 7.47. The fraction of sp³-hybridized carbons (Fsp3) is 0.292.